The smallest absolute Gasteiger partial charge is 0.141 e. The summed E-state index contributed by atoms with van der Waals surface area (Å²) in [5.41, 5.74) is 1.28. The highest BCUT2D eigenvalue weighted by molar-refractivity contribution is 7.18. The van der Waals surface area contributed by atoms with Gasteiger partial charge in [0.2, 0.25) is 0 Å². The lowest BCUT2D eigenvalue weighted by atomic mass is 10.1. The van der Waals surface area contributed by atoms with E-state index in [0.29, 0.717) is 5.88 Å². The molecule has 0 spiro atoms. The number of fused-ring (bicyclic) bond motifs is 1. The first-order valence-corrected chi connectivity index (χ1v) is 8.12. The standard InChI is InChI=1S/C14H18ClN3OS/c1-8-5-18(6-11(4-15)19-8)13-12-9(2)10(3)20-14(12)17-7-16-13/h7-8,11H,4-6H2,1-3H3. The molecule has 0 saturated carbocycles. The predicted octanol–water partition coefficient (Wildman–Crippen LogP) is 3.14. The molecule has 108 valence electrons. The third kappa shape index (κ3) is 2.38. The van der Waals surface area contributed by atoms with E-state index < -0.39 is 0 Å². The molecule has 0 aliphatic carbocycles. The van der Waals surface area contributed by atoms with E-state index in [1.54, 1.807) is 17.7 Å². The van der Waals surface area contributed by atoms with Gasteiger partial charge in [0.05, 0.1) is 23.5 Å². The highest BCUT2D eigenvalue weighted by Crippen LogP contribution is 2.35. The molecule has 0 amide bonds. The number of nitrogens with zero attached hydrogens (tertiary/aromatic N) is 3. The van der Waals surface area contributed by atoms with E-state index in [0.717, 1.165) is 23.7 Å². The van der Waals surface area contributed by atoms with Crippen molar-refractivity contribution in [1.29, 1.82) is 0 Å². The number of hydrogen-bond acceptors (Lipinski definition) is 5. The number of thiophene rings is 1. The summed E-state index contributed by atoms with van der Waals surface area (Å²) in [7, 11) is 0. The van der Waals surface area contributed by atoms with Crippen LogP contribution < -0.4 is 4.90 Å². The first-order valence-electron chi connectivity index (χ1n) is 6.77. The summed E-state index contributed by atoms with van der Waals surface area (Å²) >= 11 is 7.70. The fraction of sp³-hybridized carbons (Fsp3) is 0.571. The second-order valence-corrected chi connectivity index (χ2v) is 6.80. The number of ether oxygens (including phenoxy) is 1. The lowest BCUT2D eigenvalue weighted by Crippen LogP contribution is -2.47. The zero-order chi connectivity index (χ0) is 14.3. The second kappa shape index (κ2) is 5.47. The number of aromatic nitrogens is 2. The van der Waals surface area contributed by atoms with E-state index in [1.165, 1.54) is 15.8 Å². The predicted molar refractivity (Wildman–Crippen MR) is 84.2 cm³/mol. The number of anilines is 1. The molecular formula is C14H18ClN3OS. The van der Waals surface area contributed by atoms with Crippen LogP contribution >= 0.6 is 22.9 Å². The maximum absolute atomic E-state index is 5.97. The molecule has 6 heteroatoms. The molecule has 2 aromatic rings. The van der Waals surface area contributed by atoms with Crippen molar-refractivity contribution in [2.75, 3.05) is 23.9 Å². The van der Waals surface area contributed by atoms with Crippen molar-refractivity contribution in [2.45, 2.75) is 33.0 Å². The molecule has 0 bridgehead atoms. The van der Waals surface area contributed by atoms with Gasteiger partial charge in [-0.1, -0.05) is 0 Å². The molecule has 0 N–H and O–H groups in total. The number of hydrogen-bond donors (Lipinski definition) is 0. The van der Waals surface area contributed by atoms with Gasteiger partial charge < -0.3 is 9.64 Å². The van der Waals surface area contributed by atoms with Crippen LogP contribution in [0.4, 0.5) is 5.82 Å². The molecule has 1 aliphatic heterocycles. The Balaban J connectivity index is 2.05. The normalized spacial score (nSPS) is 23.5. The van der Waals surface area contributed by atoms with E-state index in [1.807, 2.05) is 0 Å². The Morgan fingerprint density at radius 2 is 2.20 bits per heavy atom. The average Bonchev–Trinajstić information content (AvgIpc) is 2.73. The average molecular weight is 312 g/mol. The number of rotatable bonds is 2. The maximum atomic E-state index is 5.97. The molecule has 4 nitrogen and oxygen atoms in total. The highest BCUT2D eigenvalue weighted by Gasteiger charge is 2.27. The molecule has 0 radical (unpaired) electrons. The molecule has 2 aromatic heterocycles. The molecular weight excluding hydrogens is 294 g/mol. The SMILES string of the molecule is Cc1sc2ncnc(N3CC(C)OC(CCl)C3)c2c1C. The number of halogens is 1. The van der Waals surface area contributed by atoms with E-state index in [4.69, 9.17) is 16.3 Å². The molecule has 3 heterocycles. The summed E-state index contributed by atoms with van der Waals surface area (Å²) in [4.78, 5) is 13.6. The first-order chi connectivity index (χ1) is 9.60. The Bertz CT molecular complexity index is 630. The zero-order valence-electron chi connectivity index (χ0n) is 11.9. The number of aryl methyl sites for hydroxylation is 2. The quantitative estimate of drug-likeness (QED) is 0.799. The summed E-state index contributed by atoms with van der Waals surface area (Å²) in [6.07, 6.45) is 1.88. The lowest BCUT2D eigenvalue weighted by molar-refractivity contribution is -0.00348. The monoisotopic (exact) mass is 311 g/mol. The summed E-state index contributed by atoms with van der Waals surface area (Å²) < 4.78 is 5.82. The molecule has 3 rings (SSSR count). The Morgan fingerprint density at radius 3 is 2.95 bits per heavy atom. The first kappa shape index (κ1) is 14.0. The van der Waals surface area contributed by atoms with Gasteiger partial charge >= 0.3 is 0 Å². The van der Waals surface area contributed by atoms with Crippen molar-refractivity contribution in [2.24, 2.45) is 0 Å². The van der Waals surface area contributed by atoms with E-state index >= 15 is 0 Å². The van der Waals surface area contributed by atoms with Crippen LogP contribution in [0.25, 0.3) is 10.2 Å². The van der Waals surface area contributed by atoms with Crippen molar-refractivity contribution < 1.29 is 4.74 Å². The van der Waals surface area contributed by atoms with Gasteiger partial charge in [0.15, 0.2) is 0 Å². The van der Waals surface area contributed by atoms with Gasteiger partial charge in [0.25, 0.3) is 0 Å². The van der Waals surface area contributed by atoms with Gasteiger partial charge in [0.1, 0.15) is 17.0 Å². The highest BCUT2D eigenvalue weighted by atomic mass is 35.5. The molecule has 1 saturated heterocycles. The Kier molecular flexibility index (Phi) is 3.84. The Labute approximate surface area is 127 Å². The number of morpholine rings is 1. The van der Waals surface area contributed by atoms with Crippen LogP contribution in [0.1, 0.15) is 17.4 Å². The van der Waals surface area contributed by atoms with E-state index in [9.17, 15) is 0 Å². The van der Waals surface area contributed by atoms with Crippen molar-refractivity contribution in [3.63, 3.8) is 0 Å². The molecule has 2 unspecified atom stereocenters. The lowest BCUT2D eigenvalue weighted by Gasteiger charge is -2.37. The minimum absolute atomic E-state index is 0.0606. The van der Waals surface area contributed by atoms with Gasteiger partial charge in [-0.25, -0.2) is 9.97 Å². The van der Waals surface area contributed by atoms with Crippen molar-refractivity contribution in [3.8, 4) is 0 Å². The fourth-order valence-electron chi connectivity index (χ4n) is 2.71. The summed E-state index contributed by atoms with van der Waals surface area (Å²) in [6, 6.07) is 0. The largest absolute Gasteiger partial charge is 0.370 e. The minimum Gasteiger partial charge on any atom is -0.370 e. The van der Waals surface area contributed by atoms with Crippen LogP contribution in [-0.2, 0) is 4.74 Å². The molecule has 2 atom stereocenters. The Hall–Kier alpha value is -0.910. The van der Waals surface area contributed by atoms with Crippen LogP contribution in [0.3, 0.4) is 0 Å². The minimum atomic E-state index is 0.0606. The van der Waals surface area contributed by atoms with Gasteiger partial charge in [0, 0.05) is 18.0 Å². The van der Waals surface area contributed by atoms with E-state index in [-0.39, 0.29) is 12.2 Å². The Morgan fingerprint density at radius 1 is 1.40 bits per heavy atom. The second-order valence-electron chi connectivity index (χ2n) is 5.29. The molecule has 20 heavy (non-hydrogen) atoms. The molecule has 1 fully saturated rings. The van der Waals surface area contributed by atoms with Crippen LogP contribution in [0.5, 0.6) is 0 Å². The zero-order valence-corrected chi connectivity index (χ0v) is 13.5. The van der Waals surface area contributed by atoms with Crippen molar-refractivity contribution in [1.82, 2.24) is 9.97 Å². The third-order valence-corrected chi connectivity index (χ3v) is 5.20. The van der Waals surface area contributed by atoms with Crippen molar-refractivity contribution >= 4 is 39.0 Å². The topological polar surface area (TPSA) is 38.2 Å². The van der Waals surface area contributed by atoms with Crippen molar-refractivity contribution in [3.05, 3.63) is 16.8 Å². The van der Waals surface area contributed by atoms with Crippen LogP contribution in [0.2, 0.25) is 0 Å². The van der Waals surface area contributed by atoms with Gasteiger partial charge in [-0.3, -0.25) is 0 Å². The maximum Gasteiger partial charge on any atom is 0.141 e. The van der Waals surface area contributed by atoms with E-state index in [2.05, 4.69) is 35.6 Å². The van der Waals surface area contributed by atoms with Gasteiger partial charge in [-0.05, 0) is 26.3 Å². The molecule has 1 aliphatic rings. The third-order valence-electron chi connectivity index (χ3n) is 3.74. The number of alkyl halides is 1. The van der Waals surface area contributed by atoms with Crippen LogP contribution in [0, 0.1) is 13.8 Å². The summed E-state index contributed by atoms with van der Waals surface area (Å²) in [5.74, 6) is 1.53. The summed E-state index contributed by atoms with van der Waals surface area (Å²) in [6.45, 7) is 7.98. The fourth-order valence-corrected chi connectivity index (χ4v) is 3.87. The summed E-state index contributed by atoms with van der Waals surface area (Å²) in [5, 5.41) is 1.18. The van der Waals surface area contributed by atoms with Crippen LogP contribution in [0.15, 0.2) is 6.33 Å². The molecule has 0 aromatic carbocycles. The van der Waals surface area contributed by atoms with Gasteiger partial charge in [-0.2, -0.15) is 0 Å². The van der Waals surface area contributed by atoms with Gasteiger partial charge in [-0.15, -0.1) is 22.9 Å². The van der Waals surface area contributed by atoms with Crippen LogP contribution in [-0.4, -0.2) is 41.1 Å².